The first-order chi connectivity index (χ1) is 23.1. The number of ether oxygens (including phenoxy) is 2. The van der Waals surface area contributed by atoms with E-state index in [0.29, 0.717) is 42.5 Å². The number of halogens is 3. The number of nitro benzene ring substituents is 1. The number of hydrogen-bond acceptors (Lipinski definition) is 8. The van der Waals surface area contributed by atoms with Gasteiger partial charge in [0, 0.05) is 31.9 Å². The minimum Gasteiger partial charge on any atom is -0.487 e. The largest absolute Gasteiger partial charge is 0.487 e. The normalized spacial score (nSPS) is 14.3. The Morgan fingerprint density at radius 2 is 1.77 bits per heavy atom. The van der Waals surface area contributed by atoms with Crippen LogP contribution in [0.2, 0.25) is 5.02 Å². The highest BCUT2D eigenvalue weighted by Crippen LogP contribution is 2.36. The van der Waals surface area contributed by atoms with E-state index >= 15 is 0 Å². The van der Waals surface area contributed by atoms with Gasteiger partial charge in [0.25, 0.3) is 11.2 Å². The predicted molar refractivity (Wildman–Crippen MR) is 202 cm³/mol. The van der Waals surface area contributed by atoms with Gasteiger partial charge in [0.05, 0.1) is 36.9 Å². The molecular formula is C35H24ClI2N3O6S. The summed E-state index contributed by atoms with van der Waals surface area (Å²) in [7, 11) is 0. The summed E-state index contributed by atoms with van der Waals surface area (Å²) in [5, 5.41) is 11.6. The van der Waals surface area contributed by atoms with E-state index in [1.54, 1.807) is 49.4 Å². The molecule has 4 aromatic carbocycles. The van der Waals surface area contributed by atoms with Crippen LogP contribution in [0.5, 0.6) is 5.75 Å². The van der Waals surface area contributed by atoms with Crippen LogP contribution in [0, 0.1) is 17.3 Å². The molecule has 0 fully saturated rings. The van der Waals surface area contributed by atoms with E-state index in [-0.39, 0.29) is 30.0 Å². The van der Waals surface area contributed by atoms with Crippen molar-refractivity contribution in [2.75, 3.05) is 6.61 Å². The molecule has 1 aromatic heterocycles. The molecule has 0 saturated heterocycles. The number of benzene rings is 4. The molecule has 0 N–H and O–H groups in total. The molecule has 1 atom stereocenters. The molecule has 48 heavy (non-hydrogen) atoms. The topological polar surface area (TPSA) is 113 Å². The Morgan fingerprint density at radius 1 is 1.06 bits per heavy atom. The van der Waals surface area contributed by atoms with Crippen molar-refractivity contribution in [1.29, 1.82) is 0 Å². The fourth-order valence-corrected chi connectivity index (χ4v) is 8.41. The summed E-state index contributed by atoms with van der Waals surface area (Å²) in [6.45, 7) is 2.05. The van der Waals surface area contributed by atoms with Crippen LogP contribution in [-0.4, -0.2) is 22.1 Å². The number of carbonyl (C=O) groups excluding carboxylic acids is 1. The number of non-ortho nitro benzene ring substituents is 1. The number of fused-ring (bicyclic) bond motifs is 1. The molecule has 0 amide bonds. The number of carbonyl (C=O) groups is 1. The van der Waals surface area contributed by atoms with E-state index in [1.165, 1.54) is 28.0 Å². The van der Waals surface area contributed by atoms with Crippen LogP contribution >= 0.6 is 68.1 Å². The zero-order valence-electron chi connectivity index (χ0n) is 25.1. The Bertz CT molecular complexity index is 2250. The highest BCUT2D eigenvalue weighted by Gasteiger charge is 2.35. The lowest BCUT2D eigenvalue weighted by Crippen LogP contribution is -2.40. The van der Waals surface area contributed by atoms with E-state index in [4.69, 9.17) is 26.1 Å². The van der Waals surface area contributed by atoms with Gasteiger partial charge in [-0.25, -0.2) is 9.79 Å². The van der Waals surface area contributed by atoms with Gasteiger partial charge in [-0.1, -0.05) is 65.4 Å². The fourth-order valence-electron chi connectivity index (χ4n) is 5.25. The van der Waals surface area contributed by atoms with Crippen molar-refractivity contribution in [2.45, 2.75) is 19.6 Å². The summed E-state index contributed by atoms with van der Waals surface area (Å²) in [4.78, 5) is 44.0. The van der Waals surface area contributed by atoms with Crippen molar-refractivity contribution < 1.29 is 19.2 Å². The van der Waals surface area contributed by atoms with Gasteiger partial charge in [0.1, 0.15) is 12.4 Å². The average molecular weight is 904 g/mol. The fraction of sp³-hybridized carbons (Fsp3) is 0.114. The number of rotatable bonds is 9. The smallest absolute Gasteiger partial charge is 0.338 e. The molecule has 1 aliphatic rings. The Balaban J connectivity index is 1.52. The summed E-state index contributed by atoms with van der Waals surface area (Å²) >= 11 is 11.9. The Kier molecular flexibility index (Phi) is 10.4. The van der Waals surface area contributed by atoms with Crippen molar-refractivity contribution in [2.24, 2.45) is 4.99 Å². The first kappa shape index (κ1) is 34.0. The number of thiazole rings is 1. The Hall–Kier alpha value is -3.86. The van der Waals surface area contributed by atoms with E-state index < -0.39 is 16.9 Å². The van der Waals surface area contributed by atoms with Gasteiger partial charge in [-0.15, -0.1) is 0 Å². The van der Waals surface area contributed by atoms with Gasteiger partial charge < -0.3 is 9.47 Å². The van der Waals surface area contributed by atoms with Crippen molar-refractivity contribution in [3.8, 4) is 5.75 Å². The average Bonchev–Trinajstić information content (AvgIpc) is 3.38. The van der Waals surface area contributed by atoms with Crippen LogP contribution in [-0.2, 0) is 16.1 Å². The highest BCUT2D eigenvalue weighted by atomic mass is 127. The number of nitrogens with zero attached hydrogens (tertiary/aromatic N) is 3. The van der Waals surface area contributed by atoms with Crippen LogP contribution in [0.25, 0.3) is 11.8 Å². The number of aromatic nitrogens is 1. The highest BCUT2D eigenvalue weighted by molar-refractivity contribution is 14.1. The van der Waals surface area contributed by atoms with Gasteiger partial charge >= 0.3 is 5.97 Å². The standard InChI is InChI=1S/C35H24ClI2N3O6S/c1-2-46-34(43)29-30(21-6-4-3-5-7-21)39-35-40(31(29)22-10-12-24(36)13-11-22)33(42)28(48-35)17-23-16-25(37)18-27(38)32(23)47-19-20-8-14-26(15-9-20)41(44)45/h3-18,31H,2,19H2,1H3/b28-17-/t31-/m1/s1. The monoisotopic (exact) mass is 903 g/mol. The third kappa shape index (κ3) is 7.11. The third-order valence-electron chi connectivity index (χ3n) is 7.41. The summed E-state index contributed by atoms with van der Waals surface area (Å²) in [5.74, 6) is -0.00456. The number of nitro groups is 1. The zero-order valence-corrected chi connectivity index (χ0v) is 30.9. The summed E-state index contributed by atoms with van der Waals surface area (Å²) in [6.07, 6.45) is 1.77. The van der Waals surface area contributed by atoms with Crippen LogP contribution in [0.15, 0.2) is 106 Å². The number of esters is 1. The summed E-state index contributed by atoms with van der Waals surface area (Å²) < 4.78 is 15.5. The maximum atomic E-state index is 14.4. The molecule has 0 spiro atoms. The predicted octanol–water partition coefficient (Wildman–Crippen LogP) is 7.29. The number of hydrogen-bond donors (Lipinski definition) is 0. The second kappa shape index (κ2) is 14.7. The van der Waals surface area contributed by atoms with Crippen LogP contribution in [0.4, 0.5) is 5.69 Å². The van der Waals surface area contributed by atoms with Crippen molar-refractivity contribution in [3.63, 3.8) is 0 Å². The second-order valence-corrected chi connectivity index (χ2v) is 14.4. The van der Waals surface area contributed by atoms with E-state index in [9.17, 15) is 19.7 Å². The molecule has 9 nitrogen and oxygen atoms in total. The third-order valence-corrected chi connectivity index (χ3v) is 10.1. The molecule has 2 heterocycles. The molecule has 5 aromatic rings. The van der Waals surface area contributed by atoms with Crippen molar-refractivity contribution >= 4 is 91.5 Å². The van der Waals surface area contributed by atoms with Gasteiger partial charge in [-0.2, -0.15) is 0 Å². The summed E-state index contributed by atoms with van der Waals surface area (Å²) in [6, 6.07) is 25.6. The maximum absolute atomic E-state index is 14.4. The van der Waals surface area contributed by atoms with Crippen molar-refractivity contribution in [1.82, 2.24) is 4.57 Å². The van der Waals surface area contributed by atoms with Gasteiger partial charge in [-0.05, 0) is 106 Å². The first-order valence-electron chi connectivity index (χ1n) is 14.5. The molecule has 0 radical (unpaired) electrons. The lowest BCUT2D eigenvalue weighted by atomic mass is 9.93. The lowest BCUT2D eigenvalue weighted by Gasteiger charge is -2.26. The van der Waals surface area contributed by atoms with E-state index in [0.717, 1.165) is 12.7 Å². The van der Waals surface area contributed by atoms with Crippen molar-refractivity contribution in [3.05, 3.63) is 161 Å². The first-order valence-corrected chi connectivity index (χ1v) is 17.9. The van der Waals surface area contributed by atoms with E-state index in [1.807, 2.05) is 42.5 Å². The van der Waals surface area contributed by atoms with E-state index in [2.05, 4.69) is 45.2 Å². The molecule has 0 unspecified atom stereocenters. The molecule has 242 valence electrons. The Labute approximate surface area is 310 Å². The molecular weight excluding hydrogens is 880 g/mol. The lowest BCUT2D eigenvalue weighted by molar-refractivity contribution is -0.384. The van der Waals surface area contributed by atoms with Gasteiger partial charge in [-0.3, -0.25) is 19.5 Å². The van der Waals surface area contributed by atoms with Crippen LogP contribution < -0.4 is 19.6 Å². The van der Waals surface area contributed by atoms with Crippen LogP contribution in [0.3, 0.4) is 0 Å². The minimum absolute atomic E-state index is 0.00269. The minimum atomic E-state index is -0.830. The molecule has 6 rings (SSSR count). The molecule has 0 saturated carbocycles. The maximum Gasteiger partial charge on any atom is 0.338 e. The van der Waals surface area contributed by atoms with Gasteiger partial charge in [0.15, 0.2) is 4.80 Å². The quantitative estimate of drug-likeness (QED) is 0.0666. The van der Waals surface area contributed by atoms with Crippen LogP contribution in [0.1, 0.15) is 35.2 Å². The summed E-state index contributed by atoms with van der Waals surface area (Å²) in [5.41, 5.74) is 3.16. The Morgan fingerprint density at radius 3 is 2.44 bits per heavy atom. The SMILES string of the molecule is CCOC(=O)C1=C(c2ccccc2)N=c2s/c(=C\c3cc(I)cc(I)c3OCc3ccc([N+](=O)[O-])cc3)c(=O)n2[C@@H]1c1ccc(Cl)cc1. The molecule has 0 bridgehead atoms. The molecule has 1 aliphatic heterocycles. The van der Waals surface area contributed by atoms with Gasteiger partial charge in [0.2, 0.25) is 0 Å². The molecule has 13 heteroatoms. The second-order valence-electron chi connectivity index (χ2n) is 10.5. The zero-order chi connectivity index (χ0) is 33.9. The molecule has 0 aliphatic carbocycles.